The summed E-state index contributed by atoms with van der Waals surface area (Å²) >= 11 is 5.73. The maximum Gasteiger partial charge on any atom is 0.304 e. The molecule has 1 rings (SSSR count). The first-order chi connectivity index (χ1) is 6.42. The van der Waals surface area contributed by atoms with E-state index >= 15 is 0 Å². The molecule has 0 aliphatic rings. The van der Waals surface area contributed by atoms with Crippen LogP contribution in [0.25, 0.3) is 0 Å². The number of halogens is 1. The molecule has 4 heteroatoms. The molecule has 0 aliphatic carbocycles. The lowest BCUT2D eigenvalue weighted by Crippen LogP contribution is -2.22. The van der Waals surface area contributed by atoms with Gasteiger partial charge in [0.25, 0.3) is 0 Å². The highest BCUT2D eigenvalue weighted by atomic mass is 35.5. The van der Waals surface area contributed by atoms with E-state index in [4.69, 9.17) is 16.7 Å². The largest absolute Gasteiger partial charge is 0.481 e. The second-order valence-electron chi connectivity index (χ2n) is 3.80. The molecule has 0 spiro atoms. The minimum atomic E-state index is -0.836. The third-order valence-corrected chi connectivity index (χ3v) is 2.21. The summed E-state index contributed by atoms with van der Waals surface area (Å²) in [6.45, 7) is 3.67. The number of pyridine rings is 1. The van der Waals surface area contributed by atoms with Gasteiger partial charge in [-0.15, -0.1) is 0 Å². The Morgan fingerprint density at radius 3 is 2.71 bits per heavy atom. The predicted molar refractivity (Wildman–Crippen MR) is 54.5 cm³/mol. The number of rotatable bonds is 3. The highest BCUT2D eigenvalue weighted by molar-refractivity contribution is 6.29. The molecule has 3 nitrogen and oxygen atoms in total. The summed E-state index contributed by atoms with van der Waals surface area (Å²) in [6, 6.07) is 5.23. The van der Waals surface area contributed by atoms with Crippen LogP contribution in [0.1, 0.15) is 26.0 Å². The Bertz CT molecular complexity index is 350. The average Bonchev–Trinajstić information content (AvgIpc) is 2.01. The predicted octanol–water partition coefficient (Wildman–Crippen LogP) is 2.49. The normalized spacial score (nSPS) is 11.4. The SMILES string of the molecule is CC(C)(CC(=O)O)c1cccc(Cl)n1. The minimum Gasteiger partial charge on any atom is -0.481 e. The van der Waals surface area contributed by atoms with Crippen molar-refractivity contribution in [3.63, 3.8) is 0 Å². The number of aromatic nitrogens is 1. The summed E-state index contributed by atoms with van der Waals surface area (Å²) in [4.78, 5) is 14.7. The van der Waals surface area contributed by atoms with Gasteiger partial charge in [0.1, 0.15) is 5.15 Å². The Balaban J connectivity index is 2.97. The van der Waals surface area contributed by atoms with Crippen LogP contribution in [0.4, 0.5) is 0 Å². The van der Waals surface area contributed by atoms with Gasteiger partial charge < -0.3 is 5.11 Å². The number of carboxylic acid groups (broad SMARTS) is 1. The lowest BCUT2D eigenvalue weighted by Gasteiger charge is -2.21. The fourth-order valence-corrected chi connectivity index (χ4v) is 1.42. The van der Waals surface area contributed by atoms with E-state index in [0.29, 0.717) is 10.8 Å². The number of carbonyl (C=O) groups is 1. The van der Waals surface area contributed by atoms with Gasteiger partial charge >= 0.3 is 5.97 Å². The van der Waals surface area contributed by atoms with Gasteiger partial charge in [-0.1, -0.05) is 31.5 Å². The molecule has 1 aromatic rings. The van der Waals surface area contributed by atoms with Gasteiger partial charge in [0.05, 0.1) is 6.42 Å². The second-order valence-corrected chi connectivity index (χ2v) is 4.19. The monoisotopic (exact) mass is 213 g/mol. The molecule has 0 aliphatic heterocycles. The lowest BCUT2D eigenvalue weighted by molar-refractivity contribution is -0.138. The van der Waals surface area contributed by atoms with Crippen molar-refractivity contribution in [2.75, 3.05) is 0 Å². The summed E-state index contributed by atoms with van der Waals surface area (Å²) in [5, 5.41) is 9.11. The second kappa shape index (κ2) is 3.96. The fraction of sp³-hybridized carbons (Fsp3) is 0.400. The Morgan fingerprint density at radius 2 is 2.21 bits per heavy atom. The zero-order chi connectivity index (χ0) is 10.8. The maximum absolute atomic E-state index is 10.6. The highest BCUT2D eigenvalue weighted by Gasteiger charge is 2.25. The molecule has 1 N–H and O–H groups in total. The molecule has 14 heavy (non-hydrogen) atoms. The van der Waals surface area contributed by atoms with Crippen LogP contribution in [0.3, 0.4) is 0 Å². The van der Waals surface area contributed by atoms with E-state index in [1.807, 2.05) is 13.8 Å². The van der Waals surface area contributed by atoms with Crippen molar-refractivity contribution in [2.45, 2.75) is 25.7 Å². The maximum atomic E-state index is 10.6. The van der Waals surface area contributed by atoms with Gasteiger partial charge in [0.2, 0.25) is 0 Å². The minimum absolute atomic E-state index is 0.0420. The average molecular weight is 214 g/mol. The van der Waals surface area contributed by atoms with Crippen LogP contribution >= 0.6 is 11.6 Å². The zero-order valence-electron chi connectivity index (χ0n) is 8.12. The van der Waals surface area contributed by atoms with Crippen LogP contribution < -0.4 is 0 Å². The van der Waals surface area contributed by atoms with Gasteiger partial charge in [-0.05, 0) is 12.1 Å². The van der Waals surface area contributed by atoms with Crippen molar-refractivity contribution in [1.82, 2.24) is 4.98 Å². The van der Waals surface area contributed by atoms with E-state index in [2.05, 4.69) is 4.98 Å². The summed E-state index contributed by atoms with van der Waals surface area (Å²) < 4.78 is 0. The third-order valence-electron chi connectivity index (χ3n) is 2.00. The van der Waals surface area contributed by atoms with E-state index in [0.717, 1.165) is 0 Å². The summed E-state index contributed by atoms with van der Waals surface area (Å²) in [5.74, 6) is -0.836. The van der Waals surface area contributed by atoms with Crippen molar-refractivity contribution >= 4 is 17.6 Å². The third kappa shape index (κ3) is 2.70. The number of nitrogens with zero attached hydrogens (tertiary/aromatic N) is 1. The molecule has 0 saturated carbocycles. The summed E-state index contributed by atoms with van der Waals surface area (Å²) in [6.07, 6.45) is 0.0420. The molecular weight excluding hydrogens is 202 g/mol. The Kier molecular flexibility index (Phi) is 3.11. The molecule has 1 heterocycles. The van der Waals surface area contributed by atoms with Crippen LogP contribution in [0.15, 0.2) is 18.2 Å². The quantitative estimate of drug-likeness (QED) is 0.785. The van der Waals surface area contributed by atoms with E-state index in [1.165, 1.54) is 0 Å². The molecule has 0 bridgehead atoms. The molecule has 0 radical (unpaired) electrons. The highest BCUT2D eigenvalue weighted by Crippen LogP contribution is 2.25. The van der Waals surface area contributed by atoms with Crippen LogP contribution in [0, 0.1) is 0 Å². The van der Waals surface area contributed by atoms with Crippen LogP contribution in [0.5, 0.6) is 0 Å². The van der Waals surface area contributed by atoms with Crippen molar-refractivity contribution in [3.05, 3.63) is 29.0 Å². The number of hydrogen-bond donors (Lipinski definition) is 1. The summed E-state index contributed by atoms with van der Waals surface area (Å²) in [5.41, 5.74) is 0.212. The molecule has 0 saturated heterocycles. The number of aliphatic carboxylic acids is 1. The topological polar surface area (TPSA) is 50.2 Å². The number of carboxylic acids is 1. The van der Waals surface area contributed by atoms with Crippen LogP contribution in [0.2, 0.25) is 5.15 Å². The van der Waals surface area contributed by atoms with Gasteiger partial charge in [-0.2, -0.15) is 0 Å². The molecule has 0 atom stereocenters. The Hall–Kier alpha value is -1.09. The molecular formula is C10H12ClNO2. The first kappa shape index (κ1) is 11.0. The van der Waals surface area contributed by atoms with Crippen molar-refractivity contribution < 1.29 is 9.90 Å². The molecule has 0 unspecified atom stereocenters. The molecule has 0 fully saturated rings. The van der Waals surface area contributed by atoms with E-state index in [9.17, 15) is 4.79 Å². The van der Waals surface area contributed by atoms with E-state index < -0.39 is 11.4 Å². The van der Waals surface area contributed by atoms with E-state index in [1.54, 1.807) is 18.2 Å². The Labute approximate surface area is 87.7 Å². The standard InChI is InChI=1S/C10H12ClNO2/c1-10(2,6-9(13)14)7-4-3-5-8(11)12-7/h3-5H,6H2,1-2H3,(H,13,14). The van der Waals surface area contributed by atoms with Crippen molar-refractivity contribution in [2.24, 2.45) is 0 Å². The van der Waals surface area contributed by atoms with Crippen molar-refractivity contribution in [3.8, 4) is 0 Å². The van der Waals surface area contributed by atoms with Crippen molar-refractivity contribution in [1.29, 1.82) is 0 Å². The summed E-state index contributed by atoms with van der Waals surface area (Å²) in [7, 11) is 0. The molecule has 1 aromatic heterocycles. The first-order valence-electron chi connectivity index (χ1n) is 4.27. The molecule has 0 aromatic carbocycles. The zero-order valence-corrected chi connectivity index (χ0v) is 8.88. The van der Waals surface area contributed by atoms with Crippen LogP contribution in [-0.4, -0.2) is 16.1 Å². The van der Waals surface area contributed by atoms with Gasteiger partial charge in [0.15, 0.2) is 0 Å². The molecule has 0 amide bonds. The van der Waals surface area contributed by atoms with Gasteiger partial charge in [0, 0.05) is 11.1 Å². The van der Waals surface area contributed by atoms with E-state index in [-0.39, 0.29) is 6.42 Å². The number of hydrogen-bond acceptors (Lipinski definition) is 2. The van der Waals surface area contributed by atoms with Gasteiger partial charge in [-0.3, -0.25) is 4.79 Å². The lowest BCUT2D eigenvalue weighted by atomic mass is 9.85. The van der Waals surface area contributed by atoms with Crippen LogP contribution in [-0.2, 0) is 10.2 Å². The smallest absolute Gasteiger partial charge is 0.304 e. The fourth-order valence-electron chi connectivity index (χ4n) is 1.25. The molecule has 76 valence electrons. The first-order valence-corrected chi connectivity index (χ1v) is 4.64. The Morgan fingerprint density at radius 1 is 1.57 bits per heavy atom. The van der Waals surface area contributed by atoms with Gasteiger partial charge in [-0.25, -0.2) is 4.98 Å².